The number of benzene rings is 1. The standard InChI is InChI=1S/C23H25N7/c1-28-8-4-7-22(16-28)30-15-21(13-27-30)19-10-24-23(25-11-19)18-6-3-5-17(9-18)20-12-26-29(2)14-20/h3,5-6,9-15,22H,4,7-8,16H2,1-2H3/t22-/m1/s1. The normalized spacial score (nSPS) is 17.3. The van der Waals surface area contributed by atoms with Crippen molar-refractivity contribution in [3.63, 3.8) is 0 Å². The number of likely N-dealkylation sites (N-methyl/N-ethyl adjacent to an activating group) is 1. The number of piperidine rings is 1. The summed E-state index contributed by atoms with van der Waals surface area (Å²) < 4.78 is 3.90. The largest absolute Gasteiger partial charge is 0.304 e. The van der Waals surface area contributed by atoms with Crippen LogP contribution in [0.5, 0.6) is 0 Å². The number of nitrogens with zero attached hydrogens (tertiary/aromatic N) is 7. The van der Waals surface area contributed by atoms with Crippen molar-refractivity contribution in [2.45, 2.75) is 18.9 Å². The van der Waals surface area contributed by atoms with Crippen LogP contribution < -0.4 is 0 Å². The quantitative estimate of drug-likeness (QED) is 0.524. The van der Waals surface area contributed by atoms with Crippen molar-refractivity contribution < 1.29 is 0 Å². The summed E-state index contributed by atoms with van der Waals surface area (Å²) in [5.74, 6) is 0.714. The van der Waals surface area contributed by atoms with Gasteiger partial charge in [-0.25, -0.2) is 9.97 Å². The summed E-state index contributed by atoms with van der Waals surface area (Å²) in [5, 5.41) is 8.86. The zero-order chi connectivity index (χ0) is 20.5. The van der Waals surface area contributed by atoms with E-state index in [0.717, 1.165) is 34.4 Å². The van der Waals surface area contributed by atoms with Gasteiger partial charge >= 0.3 is 0 Å². The molecular formula is C23H25N7. The molecule has 4 heterocycles. The predicted molar refractivity (Wildman–Crippen MR) is 117 cm³/mol. The molecule has 1 aliphatic heterocycles. The lowest BCUT2D eigenvalue weighted by Gasteiger charge is -2.29. The van der Waals surface area contributed by atoms with Gasteiger partial charge in [-0.2, -0.15) is 10.2 Å². The third kappa shape index (κ3) is 3.76. The molecular weight excluding hydrogens is 374 g/mol. The Bertz CT molecular complexity index is 1140. The SMILES string of the molecule is CN1CCC[C@@H](n2cc(-c3cnc(-c4cccc(-c5cnn(C)c5)c4)nc3)cn2)C1. The van der Waals surface area contributed by atoms with Gasteiger partial charge in [0.25, 0.3) is 0 Å². The second kappa shape index (κ2) is 7.84. The van der Waals surface area contributed by atoms with Crippen LogP contribution in [-0.2, 0) is 7.05 Å². The first-order valence-corrected chi connectivity index (χ1v) is 10.3. The zero-order valence-electron chi connectivity index (χ0n) is 17.3. The van der Waals surface area contributed by atoms with E-state index in [1.54, 1.807) is 4.68 Å². The molecule has 0 bridgehead atoms. The van der Waals surface area contributed by atoms with Crippen molar-refractivity contribution in [1.29, 1.82) is 0 Å². The van der Waals surface area contributed by atoms with Crippen molar-refractivity contribution in [2.75, 3.05) is 20.1 Å². The first-order chi connectivity index (χ1) is 14.7. The molecule has 5 rings (SSSR count). The molecule has 0 radical (unpaired) electrons. The molecule has 1 aliphatic rings. The fraction of sp³-hybridized carbons (Fsp3) is 0.304. The predicted octanol–water partition coefficient (Wildman–Crippen LogP) is 3.67. The molecule has 7 nitrogen and oxygen atoms in total. The fourth-order valence-corrected chi connectivity index (χ4v) is 4.08. The van der Waals surface area contributed by atoms with Gasteiger partial charge in [-0.1, -0.05) is 18.2 Å². The van der Waals surface area contributed by atoms with Crippen LogP contribution in [-0.4, -0.2) is 54.6 Å². The molecule has 4 aromatic rings. The number of aromatic nitrogens is 6. The lowest BCUT2D eigenvalue weighted by molar-refractivity contribution is 0.202. The lowest BCUT2D eigenvalue weighted by Crippen LogP contribution is -2.33. The Hall–Kier alpha value is -3.32. The molecule has 1 saturated heterocycles. The Kier molecular flexibility index (Phi) is 4.88. The molecule has 0 aliphatic carbocycles. The van der Waals surface area contributed by atoms with Gasteiger partial charge in [-0.3, -0.25) is 9.36 Å². The summed E-state index contributed by atoms with van der Waals surface area (Å²) in [6.45, 7) is 2.21. The monoisotopic (exact) mass is 399 g/mol. The van der Waals surface area contributed by atoms with Crippen LogP contribution in [0.1, 0.15) is 18.9 Å². The van der Waals surface area contributed by atoms with Gasteiger partial charge in [-0.15, -0.1) is 0 Å². The third-order valence-electron chi connectivity index (χ3n) is 5.72. The third-order valence-corrected chi connectivity index (χ3v) is 5.72. The highest BCUT2D eigenvalue weighted by atomic mass is 15.3. The molecule has 7 heteroatoms. The second-order valence-electron chi connectivity index (χ2n) is 8.05. The summed E-state index contributed by atoms with van der Waals surface area (Å²) >= 11 is 0. The Morgan fingerprint density at radius 3 is 2.37 bits per heavy atom. The van der Waals surface area contributed by atoms with Crippen LogP contribution >= 0.6 is 0 Å². The van der Waals surface area contributed by atoms with Crippen molar-refractivity contribution in [1.82, 2.24) is 34.4 Å². The van der Waals surface area contributed by atoms with E-state index in [1.807, 2.05) is 50.2 Å². The summed E-state index contributed by atoms with van der Waals surface area (Å²) in [5.41, 5.74) is 5.21. The first-order valence-electron chi connectivity index (χ1n) is 10.3. The van der Waals surface area contributed by atoms with E-state index >= 15 is 0 Å². The van der Waals surface area contributed by atoms with Crippen LogP contribution in [0.3, 0.4) is 0 Å². The fourth-order valence-electron chi connectivity index (χ4n) is 4.08. The van der Waals surface area contributed by atoms with Gasteiger partial charge in [-0.05, 0) is 38.1 Å². The summed E-state index contributed by atoms with van der Waals surface area (Å²) in [7, 11) is 4.09. The molecule has 152 valence electrons. The molecule has 0 spiro atoms. The lowest BCUT2D eigenvalue weighted by atomic mass is 10.1. The topological polar surface area (TPSA) is 64.7 Å². The Morgan fingerprint density at radius 2 is 1.60 bits per heavy atom. The van der Waals surface area contributed by atoms with Gasteiger partial charge in [0.15, 0.2) is 5.82 Å². The molecule has 0 unspecified atom stereocenters. The van der Waals surface area contributed by atoms with Gasteiger partial charge in [0.2, 0.25) is 0 Å². The number of hydrogen-bond donors (Lipinski definition) is 0. The van der Waals surface area contributed by atoms with E-state index < -0.39 is 0 Å². The van der Waals surface area contributed by atoms with Crippen LogP contribution in [0.15, 0.2) is 61.4 Å². The first kappa shape index (κ1) is 18.7. The molecule has 0 amide bonds. The van der Waals surface area contributed by atoms with Crippen LogP contribution in [0, 0.1) is 0 Å². The minimum absolute atomic E-state index is 0.438. The van der Waals surface area contributed by atoms with E-state index in [9.17, 15) is 0 Å². The second-order valence-corrected chi connectivity index (χ2v) is 8.05. The van der Waals surface area contributed by atoms with Crippen LogP contribution in [0.2, 0.25) is 0 Å². The van der Waals surface area contributed by atoms with Crippen LogP contribution in [0.25, 0.3) is 33.6 Å². The highest BCUT2D eigenvalue weighted by molar-refractivity contribution is 5.70. The van der Waals surface area contributed by atoms with Crippen molar-refractivity contribution in [3.8, 4) is 33.6 Å². The summed E-state index contributed by atoms with van der Waals surface area (Å²) in [4.78, 5) is 11.6. The van der Waals surface area contributed by atoms with E-state index in [1.165, 1.54) is 19.4 Å². The number of aryl methyl sites for hydroxylation is 1. The average molecular weight is 400 g/mol. The molecule has 30 heavy (non-hydrogen) atoms. The maximum absolute atomic E-state index is 4.62. The molecule has 1 atom stereocenters. The highest BCUT2D eigenvalue weighted by Crippen LogP contribution is 2.26. The minimum Gasteiger partial charge on any atom is -0.304 e. The van der Waals surface area contributed by atoms with Crippen molar-refractivity contribution >= 4 is 0 Å². The zero-order valence-corrected chi connectivity index (χ0v) is 17.3. The molecule has 0 saturated carbocycles. The number of rotatable bonds is 4. The van der Waals surface area contributed by atoms with Crippen molar-refractivity contribution in [2.24, 2.45) is 7.05 Å². The maximum Gasteiger partial charge on any atom is 0.159 e. The van der Waals surface area contributed by atoms with Gasteiger partial charge in [0.05, 0.1) is 18.4 Å². The molecule has 1 fully saturated rings. The van der Waals surface area contributed by atoms with E-state index in [2.05, 4.69) is 55.1 Å². The van der Waals surface area contributed by atoms with Crippen LogP contribution in [0.4, 0.5) is 0 Å². The van der Waals surface area contributed by atoms with Gasteiger partial charge in [0, 0.05) is 60.6 Å². The Morgan fingerprint density at radius 1 is 0.833 bits per heavy atom. The molecule has 0 N–H and O–H groups in total. The molecule has 3 aromatic heterocycles. The minimum atomic E-state index is 0.438. The van der Waals surface area contributed by atoms with E-state index in [4.69, 9.17) is 0 Å². The number of likely N-dealkylation sites (tertiary alicyclic amines) is 1. The molecule has 1 aromatic carbocycles. The smallest absolute Gasteiger partial charge is 0.159 e. The average Bonchev–Trinajstić information content (AvgIpc) is 3.44. The summed E-state index contributed by atoms with van der Waals surface area (Å²) in [6.07, 6.45) is 14.1. The highest BCUT2D eigenvalue weighted by Gasteiger charge is 2.19. The Labute approximate surface area is 176 Å². The van der Waals surface area contributed by atoms with E-state index in [0.29, 0.717) is 11.9 Å². The maximum atomic E-state index is 4.62. The van der Waals surface area contributed by atoms with Gasteiger partial charge in [0.1, 0.15) is 0 Å². The summed E-state index contributed by atoms with van der Waals surface area (Å²) in [6, 6.07) is 8.68. The van der Waals surface area contributed by atoms with Gasteiger partial charge < -0.3 is 4.90 Å². The number of hydrogen-bond acceptors (Lipinski definition) is 5. The Balaban J connectivity index is 1.36. The van der Waals surface area contributed by atoms with Crippen molar-refractivity contribution in [3.05, 3.63) is 61.4 Å². The van der Waals surface area contributed by atoms with E-state index in [-0.39, 0.29) is 0 Å².